The number of halogens is 2. The molecule has 3 aromatic rings. The van der Waals surface area contributed by atoms with Gasteiger partial charge in [-0.25, -0.2) is 0 Å². The van der Waals surface area contributed by atoms with E-state index in [-0.39, 0.29) is 0 Å². The first-order valence-corrected chi connectivity index (χ1v) is 21.6. The molecule has 1 fully saturated rings. The number of aromatic hydroxyl groups is 1. The molecule has 1 saturated carbocycles. The summed E-state index contributed by atoms with van der Waals surface area (Å²) in [6.45, 7) is 25.9. The van der Waals surface area contributed by atoms with Crippen LogP contribution in [0.2, 0.25) is 0 Å². The van der Waals surface area contributed by atoms with Crippen LogP contribution in [0.1, 0.15) is 144 Å². The Morgan fingerprint density at radius 3 is 1.92 bits per heavy atom. The summed E-state index contributed by atoms with van der Waals surface area (Å²) in [5, 5.41) is 11.0. The molecule has 6 heteroatoms. The number of hydrogen-bond donors (Lipinski definition) is 1. The first-order valence-electron chi connectivity index (χ1n) is 18.6. The molecule has 0 bridgehead atoms. The summed E-state index contributed by atoms with van der Waals surface area (Å²) in [5.74, 6) is 1.98. The predicted octanol–water partition coefficient (Wildman–Crippen LogP) is 14.3. The summed E-state index contributed by atoms with van der Waals surface area (Å²) in [6.07, 6.45) is 12.8. The van der Waals surface area contributed by atoms with E-state index in [0.29, 0.717) is 28.3 Å². The zero-order valence-electron chi connectivity index (χ0n) is 32.1. The van der Waals surface area contributed by atoms with Crippen molar-refractivity contribution in [3.8, 4) is 5.75 Å². The SMILES string of the molecule is CC.CC(C)c1cccc(C(C)C)c1[N]=[W].C[C@@H]1C(c2c(O)c(Br)cc3c2CCCC3)=C2CCCCC2=C[C@@H]1Br.Cc1ccc(C)[n-]1.[CH2-]C[CH2-]. The van der Waals surface area contributed by atoms with Gasteiger partial charge in [0.2, 0.25) is 0 Å². The molecule has 3 nitrogen and oxygen atoms in total. The van der Waals surface area contributed by atoms with Gasteiger partial charge in [0, 0.05) is 10.4 Å². The minimum absolute atomic E-state index is 0.363. The second-order valence-electron chi connectivity index (χ2n) is 13.7. The number of phenols is 1. The molecule has 1 aromatic heterocycles. The van der Waals surface area contributed by atoms with Gasteiger partial charge in [0.25, 0.3) is 0 Å². The number of nitrogens with zero attached hydrogens (tertiary/aromatic N) is 2. The van der Waals surface area contributed by atoms with Crippen molar-refractivity contribution in [3.05, 3.63) is 111 Å². The van der Waals surface area contributed by atoms with E-state index in [2.05, 4.69) is 119 Å². The first-order chi connectivity index (χ1) is 23.9. The topological polar surface area (TPSA) is 46.7 Å². The predicted molar refractivity (Wildman–Crippen MR) is 220 cm³/mol. The number of allylic oxidation sites excluding steroid dienone is 4. The standard InChI is InChI=1S/C21H24Br2O.C12H17N.C6H8N.C3H6.C2H6.W/c1-12-17(22)10-13-6-2-4-8-15(13)19(12)20-16-9-5-3-7-14(16)11-18(23)21(20)24;1-8(2)10-6-5-7-11(9(3)4)12(10)13;1-5-3-4-6(2)7-5;1-3-2;1-2;/h10-12,17,24H,2-9H2,1H3;5-9H,1-4H3;3-4H,1-2H3;1-3H2;1-2H3;/q;;-1;-2;;/t12-,17-;;;;;/m0...../s1. The van der Waals surface area contributed by atoms with Gasteiger partial charge in [-0.05, 0) is 107 Å². The van der Waals surface area contributed by atoms with E-state index in [4.69, 9.17) is 0 Å². The number of phenolic OH excluding ortho intramolecular Hbond substituents is 1. The van der Waals surface area contributed by atoms with Gasteiger partial charge in [0.05, 0.1) is 4.47 Å². The van der Waals surface area contributed by atoms with Gasteiger partial charge < -0.3 is 30.4 Å². The van der Waals surface area contributed by atoms with Crippen LogP contribution in [0.3, 0.4) is 0 Å². The largest absolute Gasteiger partial charge is 0.665 e. The summed E-state index contributed by atoms with van der Waals surface area (Å²) in [4.78, 5) is 4.47. The fourth-order valence-electron chi connectivity index (χ4n) is 6.93. The van der Waals surface area contributed by atoms with Crippen LogP contribution >= 0.6 is 31.9 Å². The zero-order valence-corrected chi connectivity index (χ0v) is 38.2. The Kier molecular flexibility index (Phi) is 20.1. The maximum atomic E-state index is 11.0. The van der Waals surface area contributed by atoms with Gasteiger partial charge in [0.1, 0.15) is 5.75 Å². The van der Waals surface area contributed by atoms with E-state index >= 15 is 0 Å². The quantitative estimate of drug-likeness (QED) is 0.209. The van der Waals surface area contributed by atoms with Crippen LogP contribution in [-0.2, 0) is 32.5 Å². The van der Waals surface area contributed by atoms with Crippen LogP contribution in [-0.4, -0.2) is 9.93 Å². The Labute approximate surface area is 333 Å². The van der Waals surface area contributed by atoms with Gasteiger partial charge in [-0.15, -0.1) is 0 Å². The third-order valence-corrected chi connectivity index (χ3v) is 11.6. The van der Waals surface area contributed by atoms with E-state index in [1.807, 2.05) is 39.8 Å². The summed E-state index contributed by atoms with van der Waals surface area (Å²) in [5.41, 5.74) is 14.6. The molecule has 0 aliphatic heterocycles. The fraction of sp³-hybridized carbons (Fsp3) is 0.500. The van der Waals surface area contributed by atoms with Crippen molar-refractivity contribution >= 4 is 43.1 Å². The van der Waals surface area contributed by atoms with Crippen molar-refractivity contribution in [2.24, 2.45) is 9.41 Å². The van der Waals surface area contributed by atoms with Crippen LogP contribution in [0.25, 0.3) is 5.57 Å². The van der Waals surface area contributed by atoms with E-state index in [1.54, 1.807) is 0 Å². The second-order valence-corrected chi connectivity index (χ2v) is 16.3. The number of hydrogen-bond acceptors (Lipinski definition) is 2. The van der Waals surface area contributed by atoms with Gasteiger partial charge in [-0.1, -0.05) is 68.8 Å². The Morgan fingerprint density at radius 1 is 0.900 bits per heavy atom. The van der Waals surface area contributed by atoms with Gasteiger partial charge in [-0.2, -0.15) is 11.4 Å². The van der Waals surface area contributed by atoms with Crippen LogP contribution in [0.4, 0.5) is 5.69 Å². The molecule has 6 rings (SSSR count). The van der Waals surface area contributed by atoms with Crippen LogP contribution < -0.4 is 4.98 Å². The summed E-state index contributed by atoms with van der Waals surface area (Å²) in [7, 11) is 0. The molecule has 1 N–H and O–H groups in total. The molecule has 0 radical (unpaired) electrons. The minimum atomic E-state index is 0.363. The molecule has 2 aromatic carbocycles. The molecule has 0 spiro atoms. The molecule has 3 aliphatic rings. The average Bonchev–Trinajstić information content (AvgIpc) is 3.49. The Hall–Kier alpha value is -1.55. The second kappa shape index (κ2) is 22.5. The molecule has 276 valence electrons. The fourth-order valence-corrected chi connectivity index (χ4v) is 8.74. The monoisotopic (exact) mass is 975 g/mol. The Balaban J connectivity index is 0.000000281. The maximum absolute atomic E-state index is 11.0. The van der Waals surface area contributed by atoms with Crippen molar-refractivity contribution in [3.63, 3.8) is 0 Å². The number of benzene rings is 2. The Morgan fingerprint density at radius 2 is 1.42 bits per heavy atom. The number of rotatable bonds is 4. The molecular weight excluding hydrogens is 916 g/mol. The molecule has 0 amide bonds. The normalized spacial score (nSPS) is 17.7. The summed E-state index contributed by atoms with van der Waals surface area (Å²) >= 11 is 8.79. The molecule has 2 atom stereocenters. The third kappa shape index (κ3) is 12.0. The molecule has 0 unspecified atom stereocenters. The maximum Gasteiger partial charge on any atom is 0.137 e. The Bertz CT molecular complexity index is 1540. The molecule has 50 heavy (non-hydrogen) atoms. The van der Waals surface area contributed by atoms with E-state index in [0.717, 1.165) is 47.1 Å². The average molecular weight is 978 g/mol. The van der Waals surface area contributed by atoms with Crippen molar-refractivity contribution in [2.45, 2.75) is 137 Å². The van der Waals surface area contributed by atoms with Crippen LogP contribution in [0, 0.1) is 33.6 Å². The van der Waals surface area contributed by atoms with E-state index in [9.17, 15) is 5.11 Å². The number of alkyl halides is 1. The minimum Gasteiger partial charge on any atom is -0.665 e. The molecule has 0 saturated heterocycles. The van der Waals surface area contributed by atoms with Gasteiger partial charge in [0.15, 0.2) is 0 Å². The number of aromatic nitrogens is 1. The molecule has 3 aliphatic carbocycles. The summed E-state index contributed by atoms with van der Waals surface area (Å²) < 4.78 is 5.35. The van der Waals surface area contributed by atoms with Gasteiger partial charge >= 0.3 is 97.7 Å². The van der Waals surface area contributed by atoms with Crippen molar-refractivity contribution in [1.29, 1.82) is 0 Å². The first kappa shape index (κ1) is 44.6. The van der Waals surface area contributed by atoms with Crippen molar-refractivity contribution < 1.29 is 24.7 Å². The van der Waals surface area contributed by atoms with Crippen LogP contribution in [0.15, 0.2) is 61.6 Å². The number of fused-ring (bicyclic) bond motifs is 2. The molecular formula is C44H61Br2N2OW-3. The van der Waals surface area contributed by atoms with Crippen molar-refractivity contribution in [2.75, 3.05) is 0 Å². The summed E-state index contributed by atoms with van der Waals surface area (Å²) in [6, 6.07) is 12.7. The van der Waals surface area contributed by atoms with Crippen LogP contribution in [0.5, 0.6) is 5.75 Å². The van der Waals surface area contributed by atoms with Gasteiger partial charge in [-0.3, -0.25) is 0 Å². The third-order valence-electron chi connectivity index (χ3n) is 9.33. The van der Waals surface area contributed by atoms with Crippen molar-refractivity contribution in [1.82, 2.24) is 4.98 Å². The van der Waals surface area contributed by atoms with E-state index < -0.39 is 0 Å². The number of aryl methyl sites for hydroxylation is 3. The molecule has 1 heterocycles. The smallest absolute Gasteiger partial charge is 0.137 e. The zero-order chi connectivity index (χ0) is 37.5. The van der Waals surface area contributed by atoms with E-state index in [1.165, 1.54) is 96.4 Å².